The first-order chi connectivity index (χ1) is 19.2. The minimum absolute atomic E-state index is 0.250. The zero-order valence-electron chi connectivity index (χ0n) is 24.2. The van der Waals surface area contributed by atoms with Gasteiger partial charge in [-0.1, -0.05) is 68.6 Å². The van der Waals surface area contributed by atoms with Crippen LogP contribution in [0.5, 0.6) is 0 Å². The molecule has 5 N–H and O–H groups in total. The van der Waals surface area contributed by atoms with Crippen molar-refractivity contribution in [2.45, 2.75) is 93.8 Å². The predicted molar refractivity (Wildman–Crippen MR) is 174 cm³/mol. The van der Waals surface area contributed by atoms with Crippen LogP contribution in [0.3, 0.4) is 0 Å². The lowest BCUT2D eigenvalue weighted by Crippen LogP contribution is -2.08. The predicted octanol–water partition coefficient (Wildman–Crippen LogP) is 7.92. The molecule has 5 heteroatoms. The first-order valence-corrected chi connectivity index (χ1v) is 17.1. The molecular weight excluding hydrogens is 517 g/mol. The highest BCUT2D eigenvalue weighted by Crippen LogP contribution is 2.31. The lowest BCUT2D eigenvalue weighted by molar-refractivity contribution is 0.318. The van der Waals surface area contributed by atoms with E-state index in [0.717, 1.165) is 36.8 Å². The summed E-state index contributed by atoms with van der Waals surface area (Å²) in [5.41, 5.74) is 13.5. The number of aryl methyl sites for hydroxylation is 1. The molecule has 2 aromatic carbocycles. The number of benzene rings is 2. The summed E-state index contributed by atoms with van der Waals surface area (Å²) in [5, 5.41) is 7.57. The van der Waals surface area contributed by atoms with Crippen molar-refractivity contribution in [1.82, 2.24) is 0 Å². The van der Waals surface area contributed by atoms with Crippen LogP contribution in [0.4, 0.5) is 0 Å². The maximum absolute atomic E-state index is 7.57. The Kier molecular flexibility index (Phi) is 19.3. The molecule has 216 valence electrons. The summed E-state index contributed by atoms with van der Waals surface area (Å²) in [7, 11) is 0. The van der Waals surface area contributed by atoms with Crippen molar-refractivity contribution in [3.63, 3.8) is 0 Å². The molecule has 0 spiro atoms. The number of rotatable bonds is 9. The molecule has 3 nitrogen and oxygen atoms in total. The quantitative estimate of drug-likeness (QED) is 0.212. The molecule has 0 aromatic heterocycles. The lowest BCUT2D eigenvalue weighted by Gasteiger charge is -2.21. The number of hydrogen-bond acceptors (Lipinski definition) is 5. The van der Waals surface area contributed by atoms with Gasteiger partial charge in [0.2, 0.25) is 0 Å². The van der Waals surface area contributed by atoms with Gasteiger partial charge in [-0.25, -0.2) is 0 Å². The van der Waals surface area contributed by atoms with Crippen molar-refractivity contribution in [3.05, 3.63) is 59.7 Å². The highest BCUT2D eigenvalue weighted by molar-refractivity contribution is 7.99. The van der Waals surface area contributed by atoms with Crippen molar-refractivity contribution in [2.75, 3.05) is 31.2 Å². The van der Waals surface area contributed by atoms with Gasteiger partial charge in [-0.3, -0.25) is 0 Å². The van der Waals surface area contributed by atoms with E-state index in [9.17, 15) is 0 Å². The molecule has 0 bridgehead atoms. The normalized spacial score (nSPS) is 15.7. The van der Waals surface area contributed by atoms with E-state index < -0.39 is 0 Å². The molecule has 2 aliphatic rings. The van der Waals surface area contributed by atoms with E-state index in [1.54, 1.807) is 6.92 Å². The van der Waals surface area contributed by atoms with Crippen molar-refractivity contribution in [3.8, 4) is 11.8 Å². The monoisotopic (exact) mass is 568 g/mol. The highest BCUT2D eigenvalue weighted by Gasteiger charge is 2.14. The SMILES string of the molecule is CCO.NCC#Cc1cccc(SCC2CCCCC2)c1.NCCCc1cccc(SCC2CCCCC2)c1. The Balaban J connectivity index is 0.000000249. The summed E-state index contributed by atoms with van der Waals surface area (Å²) in [6.07, 6.45) is 16.6. The number of hydrogen-bond donors (Lipinski definition) is 3. The second-order valence-electron chi connectivity index (χ2n) is 10.5. The standard InChI is InChI=1S/C16H25NS.C16H21NS.C2H6O/c2*17-11-5-9-14-8-4-10-16(12-14)18-13-15-6-2-1-3-7-15;1-2-3/h4,8,10,12,15H,1-3,5-7,9,11,13,17H2;4,8,10,12,15H,1-3,6-7,11,13,17H2;3H,2H2,1H3. The fourth-order valence-electron chi connectivity index (χ4n) is 5.05. The first kappa shape index (κ1) is 33.8. The van der Waals surface area contributed by atoms with Crippen molar-refractivity contribution < 1.29 is 5.11 Å². The Hall–Kier alpha value is -1.42. The van der Waals surface area contributed by atoms with Gasteiger partial charge in [0.05, 0.1) is 6.54 Å². The molecule has 2 saturated carbocycles. The Labute approximate surface area is 247 Å². The summed E-state index contributed by atoms with van der Waals surface area (Å²) in [5.74, 6) is 10.4. The van der Waals surface area contributed by atoms with E-state index in [4.69, 9.17) is 16.6 Å². The van der Waals surface area contributed by atoms with Gasteiger partial charge in [-0.15, -0.1) is 23.5 Å². The van der Waals surface area contributed by atoms with Crippen LogP contribution in [0, 0.1) is 23.7 Å². The van der Waals surface area contributed by atoms with Crippen LogP contribution in [0.1, 0.15) is 88.7 Å². The molecule has 0 unspecified atom stereocenters. The van der Waals surface area contributed by atoms with E-state index >= 15 is 0 Å². The molecule has 0 amide bonds. The molecule has 2 fully saturated rings. The Morgan fingerprint density at radius 1 is 0.795 bits per heavy atom. The van der Waals surface area contributed by atoms with Gasteiger partial charge in [0.25, 0.3) is 0 Å². The topological polar surface area (TPSA) is 72.3 Å². The van der Waals surface area contributed by atoms with Gasteiger partial charge >= 0.3 is 0 Å². The summed E-state index contributed by atoms with van der Waals surface area (Å²) < 4.78 is 0. The highest BCUT2D eigenvalue weighted by atomic mass is 32.2. The minimum atomic E-state index is 0.250. The molecule has 0 aliphatic heterocycles. The van der Waals surface area contributed by atoms with E-state index in [-0.39, 0.29) is 6.61 Å². The zero-order valence-corrected chi connectivity index (χ0v) is 25.8. The fraction of sp³-hybridized carbons (Fsp3) is 0.588. The number of aliphatic hydroxyl groups is 1. The van der Waals surface area contributed by atoms with Gasteiger partial charge in [-0.05, 0) is 99.7 Å². The molecule has 39 heavy (non-hydrogen) atoms. The van der Waals surface area contributed by atoms with Crippen molar-refractivity contribution in [1.29, 1.82) is 0 Å². The molecule has 0 saturated heterocycles. The van der Waals surface area contributed by atoms with Crippen LogP contribution in [-0.4, -0.2) is 36.3 Å². The third-order valence-corrected chi connectivity index (χ3v) is 9.61. The van der Waals surface area contributed by atoms with Crippen molar-refractivity contribution >= 4 is 23.5 Å². The number of nitrogens with two attached hydrogens (primary N) is 2. The Bertz CT molecular complexity index is 943. The van der Waals surface area contributed by atoms with Crippen LogP contribution in [0.15, 0.2) is 58.3 Å². The third kappa shape index (κ3) is 15.8. The summed E-state index contributed by atoms with van der Waals surface area (Å²) in [6, 6.07) is 17.5. The fourth-order valence-corrected chi connectivity index (χ4v) is 7.37. The molecule has 0 radical (unpaired) electrons. The number of thioether (sulfide) groups is 2. The largest absolute Gasteiger partial charge is 0.397 e. The first-order valence-electron chi connectivity index (χ1n) is 15.1. The van der Waals surface area contributed by atoms with Crippen LogP contribution in [0.2, 0.25) is 0 Å². The maximum atomic E-state index is 7.57. The van der Waals surface area contributed by atoms with E-state index in [1.165, 1.54) is 91.1 Å². The Morgan fingerprint density at radius 2 is 1.33 bits per heavy atom. The zero-order chi connectivity index (χ0) is 28.0. The molecule has 0 heterocycles. The van der Waals surface area contributed by atoms with Gasteiger partial charge in [0.1, 0.15) is 0 Å². The van der Waals surface area contributed by atoms with Gasteiger partial charge in [-0.2, -0.15) is 0 Å². The van der Waals surface area contributed by atoms with Crippen LogP contribution in [-0.2, 0) is 6.42 Å². The third-order valence-electron chi connectivity index (χ3n) is 7.16. The van der Waals surface area contributed by atoms with E-state index in [2.05, 4.69) is 54.3 Å². The van der Waals surface area contributed by atoms with E-state index in [1.807, 2.05) is 29.6 Å². The summed E-state index contributed by atoms with van der Waals surface area (Å²) in [4.78, 5) is 2.78. The lowest BCUT2D eigenvalue weighted by atomic mass is 9.91. The molecule has 2 aromatic rings. The van der Waals surface area contributed by atoms with E-state index in [0.29, 0.717) is 6.54 Å². The summed E-state index contributed by atoms with van der Waals surface area (Å²) in [6.45, 7) is 3.15. The number of aliphatic hydroxyl groups excluding tert-OH is 1. The molecule has 4 rings (SSSR count). The smallest absolute Gasteiger partial charge is 0.0555 e. The van der Waals surface area contributed by atoms with Gasteiger partial charge in [0, 0.05) is 33.5 Å². The second-order valence-corrected chi connectivity index (χ2v) is 12.7. The second kappa shape index (κ2) is 22.3. The van der Waals surface area contributed by atoms with Gasteiger partial charge < -0.3 is 16.6 Å². The summed E-state index contributed by atoms with van der Waals surface area (Å²) >= 11 is 4.02. The molecule has 2 aliphatic carbocycles. The average molecular weight is 569 g/mol. The molecular formula is C34H52N2OS2. The maximum Gasteiger partial charge on any atom is 0.0555 e. The van der Waals surface area contributed by atoms with Crippen LogP contribution < -0.4 is 11.5 Å². The van der Waals surface area contributed by atoms with Crippen molar-refractivity contribution in [2.24, 2.45) is 23.3 Å². The Morgan fingerprint density at radius 3 is 1.87 bits per heavy atom. The van der Waals surface area contributed by atoms with Crippen LogP contribution in [0.25, 0.3) is 0 Å². The van der Waals surface area contributed by atoms with Gasteiger partial charge in [0.15, 0.2) is 0 Å². The average Bonchev–Trinajstić information content (AvgIpc) is 2.99. The minimum Gasteiger partial charge on any atom is -0.397 e. The molecule has 0 atom stereocenters. The van der Waals surface area contributed by atoms with Crippen LogP contribution >= 0.6 is 23.5 Å².